The van der Waals surface area contributed by atoms with Crippen molar-refractivity contribution in [3.63, 3.8) is 0 Å². The Morgan fingerprint density at radius 3 is 2.19 bits per heavy atom. The van der Waals surface area contributed by atoms with Crippen LogP contribution in [-0.2, 0) is 35.1 Å². The number of benzene rings is 1. The predicted molar refractivity (Wildman–Crippen MR) is 201 cm³/mol. The van der Waals surface area contributed by atoms with Crippen LogP contribution in [0.2, 0.25) is 0 Å². The number of rotatable bonds is 21. The number of aromatic nitrogens is 1. The smallest absolute Gasteiger partial charge is 0.308 e. The number of thiazole rings is 1. The SMILES string of the molecule is CNCCCCCC(N)=O.COC(=O)C(C)CC(Cc1ccc(F)cc1)NC(=O)c1csc(C(CC(C(C)C)N(C)C(=O)CC(C)C)OC(C)=O)n1. The second-order valence-corrected chi connectivity index (χ2v) is 14.7. The Balaban J connectivity index is 0.00000117. The molecule has 292 valence electrons. The van der Waals surface area contributed by atoms with Gasteiger partial charge in [0.25, 0.3) is 5.91 Å². The molecule has 1 aromatic carbocycles. The van der Waals surface area contributed by atoms with E-state index in [2.05, 4.69) is 15.6 Å². The van der Waals surface area contributed by atoms with Gasteiger partial charge >= 0.3 is 11.9 Å². The highest BCUT2D eigenvalue weighted by Gasteiger charge is 2.31. The average Bonchev–Trinajstić information content (AvgIpc) is 3.57. The van der Waals surface area contributed by atoms with E-state index in [-0.39, 0.29) is 41.2 Å². The minimum Gasteiger partial charge on any atom is -0.469 e. The van der Waals surface area contributed by atoms with Crippen LogP contribution >= 0.6 is 11.3 Å². The third-order valence-corrected chi connectivity index (χ3v) is 9.30. The van der Waals surface area contributed by atoms with Crippen LogP contribution in [0.4, 0.5) is 4.39 Å². The normalized spacial score (nSPS) is 13.3. The van der Waals surface area contributed by atoms with Crippen molar-refractivity contribution in [1.82, 2.24) is 20.5 Å². The molecule has 4 N–H and O–H groups in total. The van der Waals surface area contributed by atoms with Crippen molar-refractivity contribution in [1.29, 1.82) is 0 Å². The fraction of sp³-hybridized carbons (Fsp3) is 0.632. The van der Waals surface area contributed by atoms with Crippen molar-refractivity contribution >= 4 is 41.0 Å². The minimum atomic E-state index is -0.745. The van der Waals surface area contributed by atoms with Crippen LogP contribution in [0.3, 0.4) is 0 Å². The van der Waals surface area contributed by atoms with Crippen LogP contribution in [0.5, 0.6) is 0 Å². The second kappa shape index (κ2) is 24.4. The van der Waals surface area contributed by atoms with Gasteiger partial charge in [-0.15, -0.1) is 11.3 Å². The van der Waals surface area contributed by atoms with Gasteiger partial charge in [0.05, 0.1) is 13.0 Å². The van der Waals surface area contributed by atoms with Crippen molar-refractivity contribution in [2.24, 2.45) is 23.5 Å². The van der Waals surface area contributed by atoms with Gasteiger partial charge in [0, 0.05) is 50.7 Å². The lowest BCUT2D eigenvalue weighted by Crippen LogP contribution is -2.42. The summed E-state index contributed by atoms with van der Waals surface area (Å²) in [6, 6.07) is 5.28. The number of amides is 3. The highest BCUT2D eigenvalue weighted by Crippen LogP contribution is 2.31. The van der Waals surface area contributed by atoms with Gasteiger partial charge in [0.2, 0.25) is 11.8 Å². The number of nitrogens with zero attached hydrogens (tertiary/aromatic N) is 2. The molecule has 52 heavy (non-hydrogen) atoms. The highest BCUT2D eigenvalue weighted by molar-refractivity contribution is 7.09. The minimum absolute atomic E-state index is 0.0119. The molecule has 12 nitrogen and oxygen atoms in total. The number of carbonyl (C=O) groups is 5. The van der Waals surface area contributed by atoms with Crippen LogP contribution in [0, 0.1) is 23.6 Å². The van der Waals surface area contributed by atoms with Gasteiger partial charge in [0.1, 0.15) is 16.5 Å². The lowest BCUT2D eigenvalue weighted by Gasteiger charge is -2.34. The van der Waals surface area contributed by atoms with Gasteiger partial charge < -0.3 is 30.7 Å². The maximum atomic E-state index is 13.4. The van der Waals surface area contributed by atoms with E-state index in [1.807, 2.05) is 34.7 Å². The first-order valence-corrected chi connectivity index (χ1v) is 18.8. The number of hydrogen-bond acceptors (Lipinski definition) is 10. The third-order valence-electron chi connectivity index (χ3n) is 8.36. The number of esters is 2. The summed E-state index contributed by atoms with van der Waals surface area (Å²) in [5.41, 5.74) is 5.89. The quantitative estimate of drug-likeness (QED) is 0.109. The first kappa shape index (κ1) is 46.1. The molecule has 14 heteroatoms. The molecule has 0 radical (unpaired) electrons. The number of nitrogens with two attached hydrogens (primary N) is 1. The zero-order valence-electron chi connectivity index (χ0n) is 32.3. The molecule has 0 aliphatic carbocycles. The first-order chi connectivity index (χ1) is 24.5. The standard InChI is InChI=1S/C31H44FN3O6S.C7H16N2O/c1-18(2)13-28(37)35(7)26(19(3)4)16-27(41-21(6)36)30-34-25(17-42-30)29(38)33-24(14-20(5)31(39)40-8)15-22-9-11-23(32)12-10-22;1-9-6-4-2-3-5-7(8)10/h9-12,17-20,24,26-27H,13-16H2,1-8H3,(H,33,38);9H,2-6H2,1H3,(H2,8,10). The van der Waals surface area contributed by atoms with Gasteiger partial charge in [-0.2, -0.15) is 0 Å². The predicted octanol–water partition coefficient (Wildman–Crippen LogP) is 5.60. The van der Waals surface area contributed by atoms with Crippen LogP contribution in [0.25, 0.3) is 0 Å². The molecule has 2 rings (SSSR count). The van der Waals surface area contributed by atoms with Crippen LogP contribution in [-0.4, -0.2) is 79.4 Å². The Bertz CT molecular complexity index is 1400. The fourth-order valence-electron chi connectivity index (χ4n) is 5.57. The molecule has 0 saturated carbocycles. The molecule has 2 aromatic rings. The summed E-state index contributed by atoms with van der Waals surface area (Å²) in [6.07, 6.45) is 4.34. The molecule has 3 amide bonds. The molecule has 1 aromatic heterocycles. The summed E-state index contributed by atoms with van der Waals surface area (Å²) in [4.78, 5) is 66.7. The Kier molecular flexibility index (Phi) is 21.6. The number of unbranched alkanes of at least 4 members (excludes halogenated alkanes) is 2. The van der Waals surface area contributed by atoms with Crippen LogP contribution in [0.15, 0.2) is 29.6 Å². The Labute approximate surface area is 312 Å². The maximum Gasteiger partial charge on any atom is 0.308 e. The first-order valence-electron chi connectivity index (χ1n) is 17.9. The summed E-state index contributed by atoms with van der Waals surface area (Å²) in [5, 5.41) is 8.04. The molecule has 0 aliphatic heterocycles. The van der Waals surface area contributed by atoms with E-state index in [4.69, 9.17) is 15.2 Å². The molecule has 4 atom stereocenters. The van der Waals surface area contributed by atoms with Crippen molar-refractivity contribution in [3.05, 3.63) is 51.7 Å². The van der Waals surface area contributed by atoms with E-state index in [1.54, 1.807) is 36.4 Å². The number of halogens is 1. The van der Waals surface area contributed by atoms with E-state index in [0.717, 1.165) is 31.4 Å². The lowest BCUT2D eigenvalue weighted by molar-refractivity contribution is -0.148. The molecule has 0 bridgehead atoms. The Hall–Kier alpha value is -3.91. The van der Waals surface area contributed by atoms with Gasteiger partial charge in [-0.1, -0.05) is 53.2 Å². The number of carbonyl (C=O) groups excluding carboxylic acids is 5. The average molecular weight is 750 g/mol. The number of hydrogen-bond donors (Lipinski definition) is 3. The van der Waals surface area contributed by atoms with E-state index < -0.39 is 35.9 Å². The van der Waals surface area contributed by atoms with E-state index in [1.165, 1.54) is 37.5 Å². The topological polar surface area (TPSA) is 170 Å². The summed E-state index contributed by atoms with van der Waals surface area (Å²) < 4.78 is 23.9. The monoisotopic (exact) mass is 749 g/mol. The molecule has 0 saturated heterocycles. The summed E-state index contributed by atoms with van der Waals surface area (Å²) in [5.74, 6) is -2.08. The second-order valence-electron chi connectivity index (χ2n) is 13.9. The van der Waals surface area contributed by atoms with Crippen molar-refractivity contribution in [2.45, 2.75) is 111 Å². The molecule has 0 spiro atoms. The van der Waals surface area contributed by atoms with E-state index >= 15 is 0 Å². The molecular formula is C38H60FN5O7S. The number of methoxy groups -OCH3 is 1. The molecular weight excluding hydrogens is 690 g/mol. The van der Waals surface area contributed by atoms with Crippen molar-refractivity contribution in [2.75, 3.05) is 27.7 Å². The lowest BCUT2D eigenvalue weighted by atomic mass is 9.95. The molecule has 0 aliphatic rings. The molecule has 4 unspecified atom stereocenters. The summed E-state index contributed by atoms with van der Waals surface area (Å²) >= 11 is 1.20. The summed E-state index contributed by atoms with van der Waals surface area (Å²) in [6.45, 7) is 12.0. The van der Waals surface area contributed by atoms with Gasteiger partial charge in [-0.3, -0.25) is 24.0 Å². The largest absolute Gasteiger partial charge is 0.469 e. The van der Waals surface area contributed by atoms with E-state index in [0.29, 0.717) is 37.1 Å². The number of ether oxygens (including phenoxy) is 2. The zero-order chi connectivity index (χ0) is 39.4. The van der Waals surface area contributed by atoms with Gasteiger partial charge in [0.15, 0.2) is 6.10 Å². The number of primary amides is 1. The maximum absolute atomic E-state index is 13.4. The van der Waals surface area contributed by atoms with Crippen LogP contribution < -0.4 is 16.4 Å². The van der Waals surface area contributed by atoms with Gasteiger partial charge in [-0.05, 0) is 68.8 Å². The number of nitrogens with one attached hydrogen (secondary N) is 2. The van der Waals surface area contributed by atoms with Crippen LogP contribution in [0.1, 0.15) is 114 Å². The molecule has 0 fully saturated rings. The van der Waals surface area contributed by atoms with Gasteiger partial charge in [-0.25, -0.2) is 9.37 Å². The third kappa shape index (κ3) is 18.0. The Morgan fingerprint density at radius 1 is 1.00 bits per heavy atom. The molecule has 1 heterocycles. The van der Waals surface area contributed by atoms with E-state index in [9.17, 15) is 28.4 Å². The highest BCUT2D eigenvalue weighted by atomic mass is 32.1. The van der Waals surface area contributed by atoms with Crippen molar-refractivity contribution < 1.29 is 37.8 Å². The Morgan fingerprint density at radius 2 is 1.65 bits per heavy atom. The fourth-order valence-corrected chi connectivity index (χ4v) is 6.41. The summed E-state index contributed by atoms with van der Waals surface area (Å²) in [7, 11) is 5.00. The zero-order valence-corrected chi connectivity index (χ0v) is 33.1. The van der Waals surface area contributed by atoms with Crippen molar-refractivity contribution in [3.8, 4) is 0 Å².